The molecule has 0 aliphatic heterocycles. The van der Waals surface area contributed by atoms with Crippen LogP contribution in [-0.4, -0.2) is 18.2 Å². The van der Waals surface area contributed by atoms with E-state index >= 15 is 0 Å². The van der Waals surface area contributed by atoms with Gasteiger partial charge < -0.3 is 11.1 Å². The van der Waals surface area contributed by atoms with Gasteiger partial charge in [0.05, 0.1) is 5.75 Å². The van der Waals surface area contributed by atoms with E-state index in [0.29, 0.717) is 18.0 Å². The van der Waals surface area contributed by atoms with E-state index in [0.717, 1.165) is 4.90 Å². The molecule has 3 N–H and O–H groups in total. The van der Waals surface area contributed by atoms with Crippen LogP contribution in [0.4, 0.5) is 10.1 Å². The fourth-order valence-corrected chi connectivity index (χ4v) is 1.82. The third-order valence-electron chi connectivity index (χ3n) is 1.70. The van der Waals surface area contributed by atoms with Crippen LogP contribution in [-0.2, 0) is 4.79 Å². The van der Waals surface area contributed by atoms with Gasteiger partial charge in [0.15, 0.2) is 0 Å². The Bertz CT molecular complexity index is 357. The number of amides is 1. The fraction of sp³-hybridized carbons (Fsp3) is 0.300. The van der Waals surface area contributed by atoms with Crippen LogP contribution in [0.3, 0.4) is 0 Å². The first-order chi connectivity index (χ1) is 7.13. The molecule has 0 aliphatic rings. The zero-order chi connectivity index (χ0) is 11.3. The molecule has 5 heteroatoms. The highest BCUT2D eigenvalue weighted by atomic mass is 32.2. The Labute approximate surface area is 92.2 Å². The summed E-state index contributed by atoms with van der Waals surface area (Å²) in [4.78, 5) is 11.9. The molecule has 1 aromatic rings. The second kappa shape index (κ2) is 5.60. The molecule has 0 atom stereocenters. The number of carbonyl (C=O) groups excluding carboxylic acids is 1. The molecule has 0 fully saturated rings. The lowest BCUT2D eigenvalue weighted by Crippen LogP contribution is -2.24. The minimum absolute atomic E-state index is 0.0498. The number of benzene rings is 1. The molecule has 0 bridgehead atoms. The smallest absolute Gasteiger partial charge is 0.230 e. The van der Waals surface area contributed by atoms with Gasteiger partial charge in [-0.05, 0) is 25.1 Å². The zero-order valence-electron chi connectivity index (χ0n) is 8.42. The number of nitrogen functional groups attached to an aromatic ring is 1. The largest absolute Gasteiger partial charge is 0.398 e. The molecule has 0 saturated heterocycles. The lowest BCUT2D eigenvalue weighted by atomic mass is 10.3. The van der Waals surface area contributed by atoms with Crippen LogP contribution in [0.1, 0.15) is 6.92 Å². The van der Waals surface area contributed by atoms with Crippen molar-refractivity contribution in [2.45, 2.75) is 11.8 Å². The SMILES string of the molecule is CCNC(=O)CSc1ccc(F)cc1N. The van der Waals surface area contributed by atoms with Crippen LogP contribution in [0.25, 0.3) is 0 Å². The van der Waals surface area contributed by atoms with Gasteiger partial charge in [0, 0.05) is 17.1 Å². The van der Waals surface area contributed by atoms with Crippen LogP contribution in [0.15, 0.2) is 23.1 Å². The highest BCUT2D eigenvalue weighted by molar-refractivity contribution is 8.00. The Kier molecular flexibility index (Phi) is 4.42. The number of carbonyl (C=O) groups is 1. The predicted octanol–water partition coefficient (Wildman–Crippen LogP) is 1.64. The summed E-state index contributed by atoms with van der Waals surface area (Å²) in [5.41, 5.74) is 5.95. The molecule has 0 unspecified atom stereocenters. The third-order valence-corrected chi connectivity index (χ3v) is 2.79. The molecule has 82 valence electrons. The Balaban J connectivity index is 2.54. The van der Waals surface area contributed by atoms with Gasteiger partial charge in [-0.25, -0.2) is 4.39 Å². The number of hydrogen-bond acceptors (Lipinski definition) is 3. The van der Waals surface area contributed by atoms with Crippen molar-refractivity contribution < 1.29 is 9.18 Å². The van der Waals surface area contributed by atoms with Gasteiger partial charge in [-0.15, -0.1) is 11.8 Å². The molecule has 0 aromatic heterocycles. The first kappa shape index (κ1) is 11.8. The van der Waals surface area contributed by atoms with Crippen molar-refractivity contribution >= 4 is 23.4 Å². The molecule has 0 spiro atoms. The van der Waals surface area contributed by atoms with Crippen LogP contribution in [0, 0.1) is 5.82 Å². The first-order valence-electron chi connectivity index (χ1n) is 4.58. The van der Waals surface area contributed by atoms with Crippen LogP contribution >= 0.6 is 11.8 Å². The maximum absolute atomic E-state index is 12.7. The van der Waals surface area contributed by atoms with Crippen molar-refractivity contribution in [2.24, 2.45) is 0 Å². The molecule has 0 radical (unpaired) electrons. The van der Waals surface area contributed by atoms with E-state index in [1.807, 2.05) is 6.92 Å². The summed E-state index contributed by atoms with van der Waals surface area (Å²) >= 11 is 1.30. The minimum atomic E-state index is -0.366. The molecule has 1 amide bonds. The van der Waals surface area contributed by atoms with Gasteiger partial charge in [0.2, 0.25) is 5.91 Å². The average molecular weight is 228 g/mol. The first-order valence-corrected chi connectivity index (χ1v) is 5.56. The number of halogens is 1. The maximum atomic E-state index is 12.7. The lowest BCUT2D eigenvalue weighted by Gasteiger charge is -2.05. The molecule has 1 aromatic carbocycles. The number of rotatable bonds is 4. The summed E-state index contributed by atoms with van der Waals surface area (Å²) < 4.78 is 12.7. The molecular formula is C10H13FN2OS. The number of thioether (sulfide) groups is 1. The third kappa shape index (κ3) is 3.79. The van der Waals surface area contributed by atoms with Crippen LogP contribution in [0.5, 0.6) is 0 Å². The van der Waals surface area contributed by atoms with E-state index in [9.17, 15) is 9.18 Å². The summed E-state index contributed by atoms with van der Waals surface area (Å²) in [7, 11) is 0. The van der Waals surface area contributed by atoms with E-state index in [1.165, 1.54) is 23.9 Å². The van der Waals surface area contributed by atoms with Gasteiger partial charge in [-0.1, -0.05) is 0 Å². The molecule has 15 heavy (non-hydrogen) atoms. The number of hydrogen-bond donors (Lipinski definition) is 2. The maximum Gasteiger partial charge on any atom is 0.230 e. The monoisotopic (exact) mass is 228 g/mol. The van der Waals surface area contributed by atoms with Crippen molar-refractivity contribution in [1.82, 2.24) is 5.32 Å². The lowest BCUT2D eigenvalue weighted by molar-refractivity contribution is -0.118. The summed E-state index contributed by atoms with van der Waals surface area (Å²) in [6.45, 7) is 2.47. The van der Waals surface area contributed by atoms with E-state index in [4.69, 9.17) is 5.73 Å². The van der Waals surface area contributed by atoms with Crippen molar-refractivity contribution in [3.05, 3.63) is 24.0 Å². The number of anilines is 1. The van der Waals surface area contributed by atoms with Crippen LogP contribution < -0.4 is 11.1 Å². The van der Waals surface area contributed by atoms with Gasteiger partial charge in [0.1, 0.15) is 5.82 Å². The molecule has 1 rings (SSSR count). The topological polar surface area (TPSA) is 55.1 Å². The molecule has 0 heterocycles. The van der Waals surface area contributed by atoms with Crippen molar-refractivity contribution in [3.8, 4) is 0 Å². The summed E-state index contributed by atoms with van der Waals surface area (Å²) in [5, 5.41) is 2.67. The van der Waals surface area contributed by atoms with E-state index in [2.05, 4.69) is 5.32 Å². The Morgan fingerprint density at radius 1 is 1.60 bits per heavy atom. The Hall–Kier alpha value is -1.23. The second-order valence-corrected chi connectivity index (χ2v) is 3.94. The second-order valence-electron chi connectivity index (χ2n) is 2.92. The van der Waals surface area contributed by atoms with Gasteiger partial charge >= 0.3 is 0 Å². The zero-order valence-corrected chi connectivity index (χ0v) is 9.23. The predicted molar refractivity (Wildman–Crippen MR) is 60.2 cm³/mol. The highest BCUT2D eigenvalue weighted by Gasteiger charge is 2.04. The fourth-order valence-electron chi connectivity index (χ4n) is 1.04. The van der Waals surface area contributed by atoms with E-state index in [-0.39, 0.29) is 11.7 Å². The molecule has 3 nitrogen and oxygen atoms in total. The molecule has 0 saturated carbocycles. The molecule has 0 aliphatic carbocycles. The van der Waals surface area contributed by atoms with Gasteiger partial charge in [0.25, 0.3) is 0 Å². The van der Waals surface area contributed by atoms with Crippen LogP contribution in [0.2, 0.25) is 0 Å². The minimum Gasteiger partial charge on any atom is -0.398 e. The highest BCUT2D eigenvalue weighted by Crippen LogP contribution is 2.25. The summed E-state index contributed by atoms with van der Waals surface area (Å²) in [5.74, 6) is -0.120. The quantitative estimate of drug-likeness (QED) is 0.608. The van der Waals surface area contributed by atoms with Gasteiger partial charge in [-0.3, -0.25) is 4.79 Å². The Morgan fingerprint density at radius 3 is 2.93 bits per heavy atom. The average Bonchev–Trinajstić information content (AvgIpc) is 2.17. The Morgan fingerprint density at radius 2 is 2.33 bits per heavy atom. The van der Waals surface area contributed by atoms with Crippen molar-refractivity contribution in [2.75, 3.05) is 18.0 Å². The normalized spacial score (nSPS) is 10.0. The van der Waals surface area contributed by atoms with Crippen molar-refractivity contribution in [3.63, 3.8) is 0 Å². The van der Waals surface area contributed by atoms with Gasteiger partial charge in [-0.2, -0.15) is 0 Å². The number of nitrogens with one attached hydrogen (secondary N) is 1. The standard InChI is InChI=1S/C10H13FN2OS/c1-2-13-10(14)6-15-9-4-3-7(11)5-8(9)12/h3-5H,2,6,12H2,1H3,(H,13,14). The van der Waals surface area contributed by atoms with Crippen molar-refractivity contribution in [1.29, 1.82) is 0 Å². The molecular weight excluding hydrogens is 215 g/mol. The summed E-state index contributed by atoms with van der Waals surface area (Å²) in [6.07, 6.45) is 0. The number of nitrogens with two attached hydrogens (primary N) is 1. The summed E-state index contributed by atoms with van der Waals surface area (Å²) in [6, 6.07) is 4.16. The van der Waals surface area contributed by atoms with E-state index < -0.39 is 0 Å². The van der Waals surface area contributed by atoms with E-state index in [1.54, 1.807) is 6.07 Å².